The lowest BCUT2D eigenvalue weighted by Gasteiger charge is -2.26. The number of amides is 1. The molecule has 0 radical (unpaired) electrons. The molecule has 1 aromatic heterocycles. The highest BCUT2D eigenvalue weighted by molar-refractivity contribution is 5.77. The summed E-state index contributed by atoms with van der Waals surface area (Å²) in [5.41, 5.74) is 2.59. The molecule has 0 N–H and O–H groups in total. The van der Waals surface area contributed by atoms with Crippen LogP contribution >= 0.6 is 0 Å². The van der Waals surface area contributed by atoms with Gasteiger partial charge in [0.15, 0.2) is 5.82 Å². The number of hydrogen-bond donors (Lipinski definition) is 0. The molecule has 1 fully saturated rings. The van der Waals surface area contributed by atoms with Crippen LogP contribution in [0.15, 0.2) is 28.8 Å². The van der Waals surface area contributed by atoms with Crippen LogP contribution < -0.4 is 0 Å². The number of nitrogens with zero attached hydrogens (tertiary/aromatic N) is 3. The van der Waals surface area contributed by atoms with Gasteiger partial charge < -0.3 is 9.42 Å². The molecule has 29 heavy (non-hydrogen) atoms. The molecule has 2 heterocycles. The highest BCUT2D eigenvalue weighted by Gasteiger charge is 2.30. The van der Waals surface area contributed by atoms with Crippen LogP contribution in [-0.4, -0.2) is 27.5 Å². The minimum absolute atomic E-state index is 0.122. The van der Waals surface area contributed by atoms with Gasteiger partial charge in [-0.1, -0.05) is 71.0 Å². The van der Waals surface area contributed by atoms with Crippen LogP contribution in [0.4, 0.5) is 0 Å². The van der Waals surface area contributed by atoms with E-state index in [1.807, 2.05) is 0 Å². The topological polar surface area (TPSA) is 59.2 Å². The second-order valence-corrected chi connectivity index (χ2v) is 10.2. The van der Waals surface area contributed by atoms with E-state index in [2.05, 4.69) is 80.8 Å². The minimum atomic E-state index is -0.122. The number of benzene rings is 1. The Labute approximate surface area is 174 Å². The van der Waals surface area contributed by atoms with Crippen LogP contribution in [0.5, 0.6) is 0 Å². The number of aryl methyl sites for hydroxylation is 1. The molecule has 1 aliphatic heterocycles. The molecule has 0 bridgehead atoms. The van der Waals surface area contributed by atoms with Crippen molar-refractivity contribution in [3.8, 4) is 0 Å². The van der Waals surface area contributed by atoms with Crippen LogP contribution in [0.1, 0.15) is 96.1 Å². The summed E-state index contributed by atoms with van der Waals surface area (Å²) in [4.78, 5) is 19.4. The molecule has 1 aliphatic rings. The monoisotopic (exact) mass is 397 g/mol. The van der Waals surface area contributed by atoms with E-state index in [1.54, 1.807) is 0 Å². The van der Waals surface area contributed by atoms with E-state index in [-0.39, 0.29) is 22.8 Å². The van der Waals surface area contributed by atoms with Crippen molar-refractivity contribution in [2.45, 2.75) is 90.5 Å². The Morgan fingerprint density at radius 3 is 2.38 bits per heavy atom. The maximum Gasteiger partial charge on any atom is 0.226 e. The summed E-state index contributed by atoms with van der Waals surface area (Å²) in [7, 11) is 0. The van der Waals surface area contributed by atoms with E-state index in [9.17, 15) is 4.79 Å². The SMILES string of the molecule is CC(C)(C)c1ccc(C2CCCN2C(=O)CCCc2nc(C(C)(C)C)no2)cc1. The van der Waals surface area contributed by atoms with Gasteiger partial charge in [0.25, 0.3) is 0 Å². The Hall–Kier alpha value is -2.17. The highest BCUT2D eigenvalue weighted by atomic mass is 16.5. The van der Waals surface area contributed by atoms with E-state index in [1.165, 1.54) is 11.1 Å². The summed E-state index contributed by atoms with van der Waals surface area (Å²) in [6.07, 6.45) is 4.00. The Bertz CT molecular complexity index is 825. The first-order valence-corrected chi connectivity index (χ1v) is 10.8. The maximum atomic E-state index is 12.9. The van der Waals surface area contributed by atoms with E-state index in [0.29, 0.717) is 18.7 Å². The lowest BCUT2D eigenvalue weighted by molar-refractivity contribution is -0.132. The van der Waals surface area contributed by atoms with Gasteiger partial charge >= 0.3 is 0 Å². The molecule has 2 aromatic rings. The maximum absolute atomic E-state index is 12.9. The highest BCUT2D eigenvalue weighted by Crippen LogP contribution is 2.34. The Kier molecular flexibility index (Phi) is 6.16. The van der Waals surface area contributed by atoms with Crippen LogP contribution in [0, 0.1) is 0 Å². The van der Waals surface area contributed by atoms with Gasteiger partial charge in [-0.2, -0.15) is 4.98 Å². The minimum Gasteiger partial charge on any atom is -0.339 e. The molecule has 1 saturated heterocycles. The number of hydrogen-bond acceptors (Lipinski definition) is 4. The zero-order valence-electron chi connectivity index (χ0n) is 18.8. The molecule has 158 valence electrons. The summed E-state index contributed by atoms with van der Waals surface area (Å²) in [5.74, 6) is 1.57. The van der Waals surface area contributed by atoms with Gasteiger partial charge in [0.1, 0.15) is 0 Å². The fourth-order valence-electron chi connectivity index (χ4n) is 3.81. The third-order valence-electron chi connectivity index (χ3n) is 5.65. The van der Waals surface area contributed by atoms with Gasteiger partial charge in [0, 0.05) is 24.8 Å². The van der Waals surface area contributed by atoms with Crippen LogP contribution in [-0.2, 0) is 22.0 Å². The quantitative estimate of drug-likeness (QED) is 0.682. The van der Waals surface area contributed by atoms with Crippen molar-refractivity contribution >= 4 is 5.91 Å². The smallest absolute Gasteiger partial charge is 0.226 e. The Morgan fingerprint density at radius 1 is 1.10 bits per heavy atom. The van der Waals surface area contributed by atoms with Crippen molar-refractivity contribution in [3.63, 3.8) is 0 Å². The van der Waals surface area contributed by atoms with E-state index in [4.69, 9.17) is 4.52 Å². The van der Waals surface area contributed by atoms with E-state index < -0.39 is 0 Å². The predicted octanol–water partition coefficient (Wildman–Crippen LogP) is 5.35. The first-order valence-electron chi connectivity index (χ1n) is 10.8. The number of carbonyl (C=O) groups is 1. The van der Waals surface area contributed by atoms with Crippen LogP contribution in [0.2, 0.25) is 0 Å². The standard InChI is InChI=1S/C24H35N3O2/c1-23(2,3)18-14-12-17(13-15-18)19-9-8-16-27(19)21(28)11-7-10-20-25-22(26-29-20)24(4,5)6/h12-15,19H,7-11,16H2,1-6H3. The first-order chi connectivity index (χ1) is 13.6. The molecule has 1 unspecified atom stereocenters. The zero-order valence-corrected chi connectivity index (χ0v) is 18.8. The Morgan fingerprint density at radius 2 is 1.79 bits per heavy atom. The molecule has 0 spiro atoms. The van der Waals surface area contributed by atoms with Crippen molar-refractivity contribution in [1.29, 1.82) is 0 Å². The van der Waals surface area contributed by atoms with Crippen LogP contribution in [0.3, 0.4) is 0 Å². The summed E-state index contributed by atoms with van der Waals surface area (Å²) >= 11 is 0. The van der Waals surface area contributed by atoms with Crippen LogP contribution in [0.25, 0.3) is 0 Å². The third-order valence-corrected chi connectivity index (χ3v) is 5.65. The first kappa shape index (κ1) is 21.5. The molecule has 3 rings (SSSR count). The lowest BCUT2D eigenvalue weighted by atomic mass is 9.86. The van der Waals surface area contributed by atoms with E-state index >= 15 is 0 Å². The Balaban J connectivity index is 1.56. The average Bonchev–Trinajstić information content (AvgIpc) is 3.30. The largest absolute Gasteiger partial charge is 0.339 e. The number of likely N-dealkylation sites (tertiary alicyclic amines) is 1. The predicted molar refractivity (Wildman–Crippen MR) is 115 cm³/mol. The fraction of sp³-hybridized carbons (Fsp3) is 0.625. The summed E-state index contributed by atoms with van der Waals surface area (Å²) < 4.78 is 5.34. The zero-order chi connectivity index (χ0) is 21.2. The molecular formula is C24H35N3O2. The number of aromatic nitrogens is 2. The molecule has 1 atom stereocenters. The molecule has 1 amide bonds. The normalized spacial score (nSPS) is 17.7. The van der Waals surface area contributed by atoms with Crippen molar-refractivity contribution in [3.05, 3.63) is 47.1 Å². The van der Waals surface area contributed by atoms with Gasteiger partial charge in [-0.25, -0.2) is 0 Å². The molecule has 0 saturated carbocycles. The lowest BCUT2D eigenvalue weighted by Crippen LogP contribution is -2.30. The number of rotatable bonds is 5. The second-order valence-electron chi connectivity index (χ2n) is 10.2. The van der Waals surface area contributed by atoms with Gasteiger partial charge in [0.2, 0.25) is 11.8 Å². The molecule has 5 heteroatoms. The van der Waals surface area contributed by atoms with Crippen molar-refractivity contribution in [1.82, 2.24) is 15.0 Å². The summed E-state index contributed by atoms with van der Waals surface area (Å²) in [6, 6.07) is 9.01. The average molecular weight is 398 g/mol. The second kappa shape index (κ2) is 8.29. The van der Waals surface area contributed by atoms with Crippen molar-refractivity contribution in [2.24, 2.45) is 0 Å². The van der Waals surface area contributed by atoms with E-state index in [0.717, 1.165) is 31.6 Å². The van der Waals surface area contributed by atoms with Crippen molar-refractivity contribution < 1.29 is 9.32 Å². The third kappa shape index (κ3) is 5.26. The summed E-state index contributed by atoms with van der Waals surface area (Å²) in [6.45, 7) is 13.7. The molecular weight excluding hydrogens is 362 g/mol. The molecule has 5 nitrogen and oxygen atoms in total. The van der Waals surface area contributed by atoms with Crippen molar-refractivity contribution in [2.75, 3.05) is 6.54 Å². The van der Waals surface area contributed by atoms with Gasteiger partial charge in [0.05, 0.1) is 6.04 Å². The fourth-order valence-corrected chi connectivity index (χ4v) is 3.81. The van der Waals surface area contributed by atoms with Gasteiger partial charge in [-0.15, -0.1) is 0 Å². The van der Waals surface area contributed by atoms with Gasteiger partial charge in [-0.05, 0) is 35.8 Å². The molecule has 1 aromatic carbocycles. The van der Waals surface area contributed by atoms with Gasteiger partial charge in [-0.3, -0.25) is 4.79 Å². The number of carbonyl (C=O) groups excluding carboxylic acids is 1. The summed E-state index contributed by atoms with van der Waals surface area (Å²) in [5, 5.41) is 4.06. The molecule has 0 aliphatic carbocycles.